The molecular weight excluding hydrogens is 526 g/mol. The number of nitrogens with zero attached hydrogens (tertiary/aromatic N) is 1. The van der Waals surface area contributed by atoms with Crippen LogP contribution in [0.15, 0.2) is 78.9 Å². The van der Waals surface area contributed by atoms with Crippen molar-refractivity contribution in [1.82, 2.24) is 15.5 Å². The number of benzene rings is 3. The van der Waals surface area contributed by atoms with Crippen molar-refractivity contribution >= 4 is 6.03 Å². The van der Waals surface area contributed by atoms with Crippen LogP contribution in [0, 0.1) is 5.92 Å². The first-order valence-electron chi connectivity index (χ1n) is 15.5. The molecular formula is C35H45N3O4. The van der Waals surface area contributed by atoms with Crippen molar-refractivity contribution in [3.63, 3.8) is 0 Å². The van der Waals surface area contributed by atoms with Gasteiger partial charge in [0.1, 0.15) is 0 Å². The highest BCUT2D eigenvalue weighted by atomic mass is 16.7. The standard InChI is InChI=1S/C35H45N3O4/c1-26-32(24-38-20-8-3-2-4-9-21-38)41-34(42-33(26)30-16-14-29(25-39)15-17-30)31-18-12-28(13-19-31)23-37-35(40)36-22-27-10-6-5-7-11-27/h5-7,10-19,26,32-34,39H,2-4,8-9,20-25H2,1H3,(H2,36,37,40)/t26-,32+,33+,34+/m1/s1. The van der Waals surface area contributed by atoms with Crippen molar-refractivity contribution in [2.45, 2.75) is 77.2 Å². The van der Waals surface area contributed by atoms with Gasteiger partial charge in [-0.15, -0.1) is 0 Å². The van der Waals surface area contributed by atoms with Crippen LogP contribution in [-0.2, 0) is 29.2 Å². The van der Waals surface area contributed by atoms with E-state index in [4.69, 9.17) is 9.47 Å². The third-order valence-electron chi connectivity index (χ3n) is 8.51. The average Bonchev–Trinajstić information content (AvgIpc) is 3.02. The third-order valence-corrected chi connectivity index (χ3v) is 8.51. The number of urea groups is 1. The second-order valence-electron chi connectivity index (χ2n) is 11.7. The van der Waals surface area contributed by atoms with Crippen LogP contribution in [0.25, 0.3) is 0 Å². The second-order valence-corrected chi connectivity index (χ2v) is 11.7. The second kappa shape index (κ2) is 15.3. The highest BCUT2D eigenvalue weighted by Crippen LogP contribution is 2.42. The molecule has 0 unspecified atom stereocenters. The highest BCUT2D eigenvalue weighted by Gasteiger charge is 2.39. The summed E-state index contributed by atoms with van der Waals surface area (Å²) in [7, 11) is 0. The van der Waals surface area contributed by atoms with Crippen LogP contribution in [0.3, 0.4) is 0 Å². The largest absolute Gasteiger partial charge is 0.392 e. The Labute approximate surface area is 250 Å². The average molecular weight is 572 g/mol. The summed E-state index contributed by atoms with van der Waals surface area (Å²) in [5.41, 5.74) is 5.03. The minimum absolute atomic E-state index is 0.0281. The van der Waals surface area contributed by atoms with E-state index >= 15 is 0 Å². The van der Waals surface area contributed by atoms with Crippen molar-refractivity contribution in [3.8, 4) is 0 Å². The first kappa shape index (κ1) is 30.2. The summed E-state index contributed by atoms with van der Waals surface area (Å²) < 4.78 is 13.3. The van der Waals surface area contributed by atoms with E-state index in [0.717, 1.165) is 47.5 Å². The number of hydrogen-bond donors (Lipinski definition) is 3. The number of carbonyl (C=O) groups is 1. The third kappa shape index (κ3) is 8.42. The van der Waals surface area contributed by atoms with Gasteiger partial charge in [-0.2, -0.15) is 0 Å². The molecule has 3 N–H and O–H groups in total. The molecule has 4 atom stereocenters. The summed E-state index contributed by atoms with van der Waals surface area (Å²) in [6, 6.07) is 25.9. The van der Waals surface area contributed by atoms with E-state index < -0.39 is 6.29 Å². The maximum atomic E-state index is 12.3. The van der Waals surface area contributed by atoms with Crippen LogP contribution < -0.4 is 10.6 Å². The van der Waals surface area contributed by atoms with E-state index in [1.54, 1.807) is 0 Å². The molecule has 2 aliphatic heterocycles. The lowest BCUT2D eigenvalue weighted by Crippen LogP contribution is -2.45. The normalized spacial score (nSPS) is 23.5. The molecule has 0 aromatic heterocycles. The van der Waals surface area contributed by atoms with E-state index in [1.165, 1.54) is 32.1 Å². The molecule has 2 fully saturated rings. The van der Waals surface area contributed by atoms with E-state index in [-0.39, 0.29) is 30.8 Å². The Bertz CT molecular complexity index is 1230. The summed E-state index contributed by atoms with van der Waals surface area (Å²) in [6.07, 6.45) is 5.86. The first-order chi connectivity index (χ1) is 20.6. The predicted molar refractivity (Wildman–Crippen MR) is 164 cm³/mol. The van der Waals surface area contributed by atoms with Gasteiger partial charge in [0.25, 0.3) is 0 Å². The fourth-order valence-corrected chi connectivity index (χ4v) is 5.89. The Morgan fingerprint density at radius 2 is 1.33 bits per heavy atom. The quantitative estimate of drug-likeness (QED) is 0.283. The number of ether oxygens (including phenoxy) is 2. The fourth-order valence-electron chi connectivity index (χ4n) is 5.89. The van der Waals surface area contributed by atoms with Gasteiger partial charge in [0.05, 0.1) is 18.8 Å². The van der Waals surface area contributed by atoms with Gasteiger partial charge >= 0.3 is 6.03 Å². The molecule has 5 rings (SSSR count). The van der Waals surface area contributed by atoms with Gasteiger partial charge in [0.15, 0.2) is 6.29 Å². The van der Waals surface area contributed by atoms with Crippen LogP contribution in [0.5, 0.6) is 0 Å². The first-order valence-corrected chi connectivity index (χ1v) is 15.5. The number of amides is 2. The number of hydrogen-bond acceptors (Lipinski definition) is 5. The maximum absolute atomic E-state index is 12.3. The van der Waals surface area contributed by atoms with E-state index in [0.29, 0.717) is 13.1 Å². The Morgan fingerprint density at radius 3 is 1.98 bits per heavy atom. The van der Waals surface area contributed by atoms with Crippen LogP contribution in [0.1, 0.15) is 79.2 Å². The number of rotatable bonds is 9. The smallest absolute Gasteiger partial charge is 0.315 e. The van der Waals surface area contributed by atoms with Crippen LogP contribution in [-0.4, -0.2) is 41.8 Å². The lowest BCUT2D eigenvalue weighted by atomic mass is 9.89. The summed E-state index contributed by atoms with van der Waals surface area (Å²) in [5, 5.41) is 15.4. The Balaban J connectivity index is 1.24. The monoisotopic (exact) mass is 571 g/mol. The molecule has 2 amide bonds. The summed E-state index contributed by atoms with van der Waals surface area (Å²) in [5.74, 6) is 0.171. The zero-order chi connectivity index (χ0) is 29.1. The maximum Gasteiger partial charge on any atom is 0.315 e. The Kier molecular flexibility index (Phi) is 11.0. The predicted octanol–water partition coefficient (Wildman–Crippen LogP) is 6.24. The minimum Gasteiger partial charge on any atom is -0.392 e. The molecule has 7 heteroatoms. The molecule has 0 bridgehead atoms. The van der Waals surface area contributed by atoms with Gasteiger partial charge in [0, 0.05) is 31.1 Å². The summed E-state index contributed by atoms with van der Waals surface area (Å²) >= 11 is 0. The SMILES string of the molecule is C[C@@H]1[C@H](CN2CCCCCCC2)O[C@H](c2ccc(CNC(=O)NCc3ccccc3)cc2)O[C@@H]1c1ccc(CO)cc1. The highest BCUT2D eigenvalue weighted by molar-refractivity contribution is 5.73. The molecule has 0 radical (unpaired) electrons. The van der Waals surface area contributed by atoms with Gasteiger partial charge in [0.2, 0.25) is 0 Å². The van der Waals surface area contributed by atoms with Gasteiger partial charge in [-0.1, -0.05) is 105 Å². The molecule has 224 valence electrons. The fraction of sp³-hybridized carbons (Fsp3) is 0.457. The molecule has 2 aliphatic rings. The van der Waals surface area contributed by atoms with Crippen LogP contribution >= 0.6 is 0 Å². The number of aliphatic hydroxyl groups excluding tert-OH is 1. The Hall–Kier alpha value is -3.23. The molecule has 0 spiro atoms. The molecule has 3 aromatic carbocycles. The van der Waals surface area contributed by atoms with Gasteiger partial charge in [-0.05, 0) is 48.2 Å². The molecule has 3 aromatic rings. The van der Waals surface area contributed by atoms with Crippen molar-refractivity contribution < 1.29 is 19.4 Å². The van der Waals surface area contributed by atoms with E-state index in [2.05, 4.69) is 34.6 Å². The van der Waals surface area contributed by atoms with Gasteiger partial charge in [-0.25, -0.2) is 4.79 Å². The van der Waals surface area contributed by atoms with Crippen molar-refractivity contribution in [2.24, 2.45) is 5.92 Å². The van der Waals surface area contributed by atoms with Crippen molar-refractivity contribution in [1.29, 1.82) is 0 Å². The molecule has 2 heterocycles. The molecule has 42 heavy (non-hydrogen) atoms. The van der Waals surface area contributed by atoms with E-state index in [1.807, 2.05) is 66.7 Å². The number of aliphatic hydroxyl groups is 1. The lowest BCUT2D eigenvalue weighted by Gasteiger charge is -2.43. The Morgan fingerprint density at radius 1 is 0.762 bits per heavy atom. The molecule has 7 nitrogen and oxygen atoms in total. The molecule has 0 saturated carbocycles. The zero-order valence-corrected chi connectivity index (χ0v) is 24.7. The zero-order valence-electron chi connectivity index (χ0n) is 24.7. The summed E-state index contributed by atoms with van der Waals surface area (Å²) in [4.78, 5) is 14.9. The molecule has 0 aliphatic carbocycles. The number of likely N-dealkylation sites (tertiary alicyclic amines) is 1. The topological polar surface area (TPSA) is 83.1 Å². The molecule has 2 saturated heterocycles. The van der Waals surface area contributed by atoms with Crippen molar-refractivity contribution in [3.05, 3.63) is 107 Å². The number of nitrogens with one attached hydrogen (secondary N) is 2. The minimum atomic E-state index is -0.486. The van der Waals surface area contributed by atoms with Crippen LogP contribution in [0.4, 0.5) is 4.79 Å². The number of carbonyl (C=O) groups excluding carboxylic acids is 1. The van der Waals surface area contributed by atoms with Crippen LogP contribution in [0.2, 0.25) is 0 Å². The van der Waals surface area contributed by atoms with Gasteiger partial charge in [-0.3, -0.25) is 0 Å². The van der Waals surface area contributed by atoms with E-state index in [9.17, 15) is 9.90 Å². The lowest BCUT2D eigenvalue weighted by molar-refractivity contribution is -0.276. The summed E-state index contributed by atoms with van der Waals surface area (Å²) in [6.45, 7) is 6.31. The van der Waals surface area contributed by atoms with Gasteiger partial charge < -0.3 is 30.1 Å². The van der Waals surface area contributed by atoms with Crippen molar-refractivity contribution in [2.75, 3.05) is 19.6 Å².